The smallest absolute Gasteiger partial charge is 0.326 e. The Bertz CT molecular complexity index is 645. The van der Waals surface area contributed by atoms with Gasteiger partial charge in [0.1, 0.15) is 17.8 Å². The molecule has 0 spiro atoms. The first kappa shape index (κ1) is 18.7. The van der Waals surface area contributed by atoms with Crippen molar-refractivity contribution in [2.75, 3.05) is 13.7 Å². The van der Waals surface area contributed by atoms with Gasteiger partial charge in [-0.1, -0.05) is 12.1 Å². The highest BCUT2D eigenvalue weighted by Crippen LogP contribution is 2.19. The van der Waals surface area contributed by atoms with Gasteiger partial charge >= 0.3 is 5.97 Å². The van der Waals surface area contributed by atoms with Gasteiger partial charge in [0.05, 0.1) is 13.2 Å². The minimum Gasteiger partial charge on any atom is -0.497 e. The van der Waals surface area contributed by atoms with E-state index in [0.29, 0.717) is 5.75 Å². The number of rotatable bonds is 6. The summed E-state index contributed by atoms with van der Waals surface area (Å²) in [5.41, 5.74) is 0.725. The highest BCUT2D eigenvalue weighted by molar-refractivity contribution is 5.90. The number of hydrogen-bond donors (Lipinski definition) is 3. The van der Waals surface area contributed by atoms with Gasteiger partial charge in [0.25, 0.3) is 0 Å². The summed E-state index contributed by atoms with van der Waals surface area (Å²) in [5, 5.41) is 21.5. The summed E-state index contributed by atoms with van der Waals surface area (Å²) in [5.74, 6) is -1.43. The first-order valence-corrected chi connectivity index (χ1v) is 7.93. The number of carbonyl (C=O) groups excluding carboxylic acids is 2. The summed E-state index contributed by atoms with van der Waals surface area (Å²) in [6.07, 6.45) is -0.592. The molecule has 0 unspecified atom stereocenters. The second-order valence-corrected chi connectivity index (χ2v) is 6.03. The molecule has 2 rings (SSSR count). The number of hydrogen-bond acceptors (Lipinski definition) is 5. The topological polar surface area (TPSA) is 116 Å². The van der Waals surface area contributed by atoms with Crippen molar-refractivity contribution in [1.82, 2.24) is 10.2 Å². The second-order valence-electron chi connectivity index (χ2n) is 6.03. The number of carbonyl (C=O) groups is 3. The van der Waals surface area contributed by atoms with Gasteiger partial charge in [0.15, 0.2) is 0 Å². The molecule has 0 bridgehead atoms. The van der Waals surface area contributed by atoms with Gasteiger partial charge < -0.3 is 25.2 Å². The van der Waals surface area contributed by atoms with Crippen LogP contribution in [0, 0.1) is 0 Å². The van der Waals surface area contributed by atoms with Crippen LogP contribution >= 0.6 is 0 Å². The predicted molar refractivity (Wildman–Crippen MR) is 88.1 cm³/mol. The predicted octanol–water partition coefficient (Wildman–Crippen LogP) is -0.211. The van der Waals surface area contributed by atoms with Gasteiger partial charge in [-0.3, -0.25) is 9.59 Å². The van der Waals surface area contributed by atoms with Crippen molar-refractivity contribution in [2.45, 2.75) is 38.0 Å². The van der Waals surface area contributed by atoms with E-state index < -0.39 is 30.1 Å². The van der Waals surface area contributed by atoms with E-state index in [2.05, 4.69) is 5.32 Å². The SMILES string of the molecule is COc1ccc(C[C@H](NC(=O)[C@@H]2C[C@@H](O)CN2C(C)=O)C(=O)O)cc1. The Morgan fingerprint density at radius 3 is 2.48 bits per heavy atom. The third-order valence-corrected chi connectivity index (χ3v) is 4.20. The van der Waals surface area contributed by atoms with Crippen molar-refractivity contribution in [3.05, 3.63) is 29.8 Å². The number of benzene rings is 1. The zero-order valence-corrected chi connectivity index (χ0v) is 14.1. The third-order valence-electron chi connectivity index (χ3n) is 4.20. The zero-order chi connectivity index (χ0) is 18.6. The summed E-state index contributed by atoms with van der Waals surface area (Å²) in [6.45, 7) is 1.38. The molecule has 8 heteroatoms. The Labute approximate surface area is 145 Å². The molecular formula is C17H22N2O6. The van der Waals surface area contributed by atoms with Crippen LogP contribution in [0.15, 0.2) is 24.3 Å². The van der Waals surface area contributed by atoms with Crippen molar-refractivity contribution in [1.29, 1.82) is 0 Å². The number of methoxy groups -OCH3 is 1. The van der Waals surface area contributed by atoms with Crippen LogP contribution in [0.3, 0.4) is 0 Å². The number of nitrogens with zero attached hydrogens (tertiary/aromatic N) is 1. The van der Waals surface area contributed by atoms with Crippen LogP contribution in [0.1, 0.15) is 18.9 Å². The number of aliphatic hydroxyl groups is 1. The Morgan fingerprint density at radius 2 is 1.96 bits per heavy atom. The van der Waals surface area contributed by atoms with Gasteiger partial charge in [-0.25, -0.2) is 4.79 Å². The summed E-state index contributed by atoms with van der Waals surface area (Å²) in [4.78, 5) is 36.7. The number of carboxylic acid groups (broad SMARTS) is 1. The largest absolute Gasteiger partial charge is 0.497 e. The maximum absolute atomic E-state index is 12.4. The second kappa shape index (κ2) is 7.98. The van der Waals surface area contributed by atoms with Crippen LogP contribution in [0.2, 0.25) is 0 Å². The van der Waals surface area contributed by atoms with E-state index in [9.17, 15) is 24.6 Å². The van der Waals surface area contributed by atoms with Crippen molar-refractivity contribution in [2.24, 2.45) is 0 Å². The van der Waals surface area contributed by atoms with Gasteiger partial charge in [0.2, 0.25) is 11.8 Å². The Morgan fingerprint density at radius 1 is 1.32 bits per heavy atom. The number of nitrogens with one attached hydrogen (secondary N) is 1. The quantitative estimate of drug-likeness (QED) is 0.654. The molecule has 3 N–H and O–H groups in total. The third kappa shape index (κ3) is 4.69. The summed E-state index contributed by atoms with van der Waals surface area (Å²) in [7, 11) is 1.53. The fraction of sp³-hybridized carbons (Fsp3) is 0.471. The molecular weight excluding hydrogens is 328 g/mol. The van der Waals surface area contributed by atoms with E-state index in [1.165, 1.54) is 18.9 Å². The van der Waals surface area contributed by atoms with Gasteiger partial charge in [-0.05, 0) is 17.7 Å². The van der Waals surface area contributed by atoms with Gasteiger partial charge in [-0.15, -0.1) is 0 Å². The summed E-state index contributed by atoms with van der Waals surface area (Å²) >= 11 is 0. The minimum atomic E-state index is -1.17. The first-order chi connectivity index (χ1) is 11.8. The molecule has 0 radical (unpaired) electrons. The molecule has 1 aromatic carbocycles. The lowest BCUT2D eigenvalue weighted by Crippen LogP contribution is -2.51. The van der Waals surface area contributed by atoms with Crippen LogP contribution < -0.4 is 10.1 Å². The van der Waals surface area contributed by atoms with Gasteiger partial charge in [0, 0.05) is 26.3 Å². The standard InChI is InChI=1S/C17H22N2O6/c1-10(20)19-9-12(21)8-15(19)16(22)18-14(17(23)24)7-11-3-5-13(25-2)6-4-11/h3-6,12,14-15,21H,7-9H2,1-2H3,(H,18,22)(H,23,24)/t12-,14+,15+/m1/s1. The van der Waals surface area contributed by atoms with Gasteiger partial charge in [-0.2, -0.15) is 0 Å². The maximum atomic E-state index is 12.4. The molecule has 2 amide bonds. The number of ether oxygens (including phenoxy) is 1. The van der Waals surface area contributed by atoms with E-state index in [1.54, 1.807) is 24.3 Å². The summed E-state index contributed by atoms with van der Waals surface area (Å²) in [6, 6.07) is 4.88. The van der Waals surface area contributed by atoms with Crippen molar-refractivity contribution in [3.8, 4) is 5.75 Å². The molecule has 3 atom stereocenters. The molecule has 8 nitrogen and oxygen atoms in total. The fourth-order valence-corrected chi connectivity index (χ4v) is 2.88. The number of β-amino-alcohol motifs (C(OH)–C–C–N with tert-alkyl or cyclic N) is 1. The number of carboxylic acids is 1. The molecule has 1 heterocycles. The Balaban J connectivity index is 2.06. The average molecular weight is 350 g/mol. The first-order valence-electron chi connectivity index (χ1n) is 7.93. The molecule has 0 saturated carbocycles. The Hall–Kier alpha value is -2.61. The van der Waals surface area contributed by atoms with Crippen molar-refractivity contribution < 1.29 is 29.3 Å². The zero-order valence-electron chi connectivity index (χ0n) is 14.1. The molecule has 0 aliphatic carbocycles. The molecule has 1 saturated heterocycles. The monoisotopic (exact) mass is 350 g/mol. The van der Waals surface area contributed by atoms with Crippen LogP contribution in [-0.2, 0) is 20.8 Å². The lowest BCUT2D eigenvalue weighted by atomic mass is 10.0. The lowest BCUT2D eigenvalue weighted by Gasteiger charge is -2.24. The normalized spacial score (nSPS) is 20.8. The maximum Gasteiger partial charge on any atom is 0.326 e. The van der Waals surface area contributed by atoms with E-state index in [4.69, 9.17) is 4.74 Å². The fourth-order valence-electron chi connectivity index (χ4n) is 2.88. The van der Waals surface area contributed by atoms with Crippen LogP contribution in [0.25, 0.3) is 0 Å². The number of aliphatic hydroxyl groups excluding tert-OH is 1. The number of aliphatic carboxylic acids is 1. The highest BCUT2D eigenvalue weighted by atomic mass is 16.5. The molecule has 1 aliphatic heterocycles. The van der Waals surface area contributed by atoms with Crippen LogP contribution in [-0.4, -0.2) is 64.7 Å². The van der Waals surface area contributed by atoms with Crippen LogP contribution in [0.5, 0.6) is 5.75 Å². The van der Waals surface area contributed by atoms with Crippen molar-refractivity contribution in [3.63, 3.8) is 0 Å². The van der Waals surface area contributed by atoms with E-state index in [0.717, 1.165) is 5.56 Å². The molecule has 1 aromatic rings. The minimum absolute atomic E-state index is 0.0731. The Kier molecular flexibility index (Phi) is 5.97. The summed E-state index contributed by atoms with van der Waals surface area (Å²) < 4.78 is 5.05. The average Bonchev–Trinajstić information content (AvgIpc) is 2.97. The van der Waals surface area contributed by atoms with E-state index in [-0.39, 0.29) is 25.3 Å². The van der Waals surface area contributed by atoms with E-state index in [1.807, 2.05) is 0 Å². The van der Waals surface area contributed by atoms with Crippen LogP contribution in [0.4, 0.5) is 0 Å². The lowest BCUT2D eigenvalue weighted by molar-refractivity contribution is -0.143. The number of amides is 2. The van der Waals surface area contributed by atoms with Crippen molar-refractivity contribution >= 4 is 17.8 Å². The molecule has 1 fully saturated rings. The molecule has 25 heavy (non-hydrogen) atoms. The molecule has 0 aromatic heterocycles. The van der Waals surface area contributed by atoms with E-state index >= 15 is 0 Å². The molecule has 1 aliphatic rings. The number of likely N-dealkylation sites (tertiary alicyclic amines) is 1. The molecule has 136 valence electrons. The highest BCUT2D eigenvalue weighted by Gasteiger charge is 2.38.